The van der Waals surface area contributed by atoms with E-state index in [0.29, 0.717) is 22.3 Å². The predicted octanol–water partition coefficient (Wildman–Crippen LogP) is 2.73. The van der Waals surface area contributed by atoms with Gasteiger partial charge in [0.15, 0.2) is 6.04 Å². The Morgan fingerprint density at radius 2 is 1.70 bits per heavy atom. The quantitative estimate of drug-likeness (QED) is 0.743. The standard InChI is InChI=1S/C20H23F2N3OS/c1-15(19(26)23-16-7-9-18(10-8-16)27-20(21)22)24-11-13-25(14-12-24)17-5-3-2-4-6-17/h2-10,15,20H,11-14H2,1H3,(H,23,26)/p+1/t15-/m1/s1. The zero-order valence-electron chi connectivity index (χ0n) is 15.2. The molecule has 2 aromatic carbocycles. The zero-order valence-corrected chi connectivity index (χ0v) is 16.0. The highest BCUT2D eigenvalue weighted by molar-refractivity contribution is 7.99. The molecule has 4 nitrogen and oxygen atoms in total. The van der Waals surface area contributed by atoms with E-state index in [4.69, 9.17) is 0 Å². The maximum atomic E-state index is 12.6. The number of para-hydroxylation sites is 1. The molecule has 1 atom stereocenters. The number of halogens is 2. The van der Waals surface area contributed by atoms with E-state index in [1.54, 1.807) is 24.3 Å². The Morgan fingerprint density at radius 1 is 1.07 bits per heavy atom. The normalized spacial score (nSPS) is 16.4. The molecule has 144 valence electrons. The summed E-state index contributed by atoms with van der Waals surface area (Å²) in [5, 5.41) is 2.89. The number of carbonyl (C=O) groups is 1. The summed E-state index contributed by atoms with van der Waals surface area (Å²) in [7, 11) is 0. The Hall–Kier alpha value is -2.12. The Kier molecular flexibility index (Phi) is 6.68. The molecule has 1 amide bonds. The van der Waals surface area contributed by atoms with Gasteiger partial charge in [0, 0.05) is 16.3 Å². The number of benzene rings is 2. The van der Waals surface area contributed by atoms with Crippen LogP contribution in [0.1, 0.15) is 6.92 Å². The van der Waals surface area contributed by atoms with Gasteiger partial charge in [0.25, 0.3) is 11.7 Å². The molecule has 1 saturated heterocycles. The van der Waals surface area contributed by atoms with Crippen LogP contribution in [0.3, 0.4) is 0 Å². The van der Waals surface area contributed by atoms with Crippen LogP contribution in [0.2, 0.25) is 0 Å². The van der Waals surface area contributed by atoms with Crippen LogP contribution in [-0.4, -0.2) is 43.9 Å². The first kappa shape index (κ1) is 19.6. The van der Waals surface area contributed by atoms with Crippen molar-refractivity contribution in [2.75, 3.05) is 36.4 Å². The van der Waals surface area contributed by atoms with Gasteiger partial charge in [0.05, 0.1) is 26.2 Å². The molecule has 27 heavy (non-hydrogen) atoms. The fraction of sp³-hybridized carbons (Fsp3) is 0.350. The highest BCUT2D eigenvalue weighted by Crippen LogP contribution is 2.26. The second-order valence-electron chi connectivity index (χ2n) is 6.59. The fourth-order valence-electron chi connectivity index (χ4n) is 3.28. The molecule has 1 aliphatic heterocycles. The largest absolute Gasteiger partial charge is 0.360 e. The van der Waals surface area contributed by atoms with Gasteiger partial charge in [0.2, 0.25) is 0 Å². The van der Waals surface area contributed by atoms with Crippen molar-refractivity contribution in [1.29, 1.82) is 0 Å². The van der Waals surface area contributed by atoms with Crippen LogP contribution in [0, 0.1) is 0 Å². The molecule has 1 fully saturated rings. The molecule has 0 bridgehead atoms. The second kappa shape index (κ2) is 9.19. The Morgan fingerprint density at radius 3 is 2.30 bits per heavy atom. The maximum Gasteiger partial charge on any atom is 0.288 e. The average molecular weight is 392 g/mol. The number of piperazine rings is 1. The molecule has 2 N–H and O–H groups in total. The summed E-state index contributed by atoms with van der Waals surface area (Å²) in [5.41, 5.74) is 1.85. The monoisotopic (exact) mass is 392 g/mol. The number of rotatable bonds is 6. The van der Waals surface area contributed by atoms with Crippen molar-refractivity contribution in [3.8, 4) is 0 Å². The van der Waals surface area contributed by atoms with Gasteiger partial charge < -0.3 is 15.1 Å². The van der Waals surface area contributed by atoms with Crippen molar-refractivity contribution in [1.82, 2.24) is 0 Å². The smallest absolute Gasteiger partial charge is 0.288 e. The van der Waals surface area contributed by atoms with E-state index in [2.05, 4.69) is 22.3 Å². The van der Waals surface area contributed by atoms with E-state index in [0.717, 1.165) is 26.2 Å². The topological polar surface area (TPSA) is 36.8 Å². The first-order chi connectivity index (χ1) is 13.0. The first-order valence-corrected chi connectivity index (χ1v) is 9.91. The molecule has 1 heterocycles. The molecule has 0 aliphatic carbocycles. The number of nitrogens with zero attached hydrogens (tertiary/aromatic N) is 1. The van der Waals surface area contributed by atoms with Gasteiger partial charge in [-0.25, -0.2) is 0 Å². The number of thioether (sulfide) groups is 1. The van der Waals surface area contributed by atoms with Crippen molar-refractivity contribution in [3.63, 3.8) is 0 Å². The number of amides is 1. The summed E-state index contributed by atoms with van der Waals surface area (Å²) in [5.74, 6) is -2.49. The lowest BCUT2D eigenvalue weighted by atomic mass is 10.2. The number of nitrogens with one attached hydrogen (secondary N) is 2. The highest BCUT2D eigenvalue weighted by atomic mass is 32.2. The summed E-state index contributed by atoms with van der Waals surface area (Å²) >= 11 is 0.499. The van der Waals surface area contributed by atoms with Gasteiger partial charge in [-0.3, -0.25) is 4.79 Å². The highest BCUT2D eigenvalue weighted by Gasteiger charge is 2.29. The van der Waals surface area contributed by atoms with E-state index >= 15 is 0 Å². The fourth-order valence-corrected chi connectivity index (χ4v) is 3.78. The summed E-state index contributed by atoms with van der Waals surface area (Å²) < 4.78 is 24.7. The van der Waals surface area contributed by atoms with Crippen molar-refractivity contribution in [2.45, 2.75) is 23.6 Å². The van der Waals surface area contributed by atoms with Crippen LogP contribution in [0.25, 0.3) is 0 Å². The van der Waals surface area contributed by atoms with Crippen LogP contribution in [0.4, 0.5) is 20.2 Å². The summed E-state index contributed by atoms with van der Waals surface area (Å²) in [6, 6.07) is 16.7. The Balaban J connectivity index is 1.50. The molecule has 0 unspecified atom stereocenters. The van der Waals surface area contributed by atoms with Crippen LogP contribution >= 0.6 is 11.8 Å². The number of quaternary nitrogens is 1. The molecule has 2 aromatic rings. The van der Waals surface area contributed by atoms with E-state index in [1.807, 2.05) is 25.1 Å². The van der Waals surface area contributed by atoms with E-state index in [9.17, 15) is 13.6 Å². The average Bonchev–Trinajstić information content (AvgIpc) is 2.69. The van der Waals surface area contributed by atoms with Crippen LogP contribution in [0.5, 0.6) is 0 Å². The molecule has 0 spiro atoms. The van der Waals surface area contributed by atoms with Gasteiger partial charge >= 0.3 is 0 Å². The summed E-state index contributed by atoms with van der Waals surface area (Å²) in [6.45, 7) is 5.55. The minimum Gasteiger partial charge on any atom is -0.360 e. The predicted molar refractivity (Wildman–Crippen MR) is 106 cm³/mol. The number of anilines is 2. The second-order valence-corrected chi connectivity index (χ2v) is 7.66. The lowest BCUT2D eigenvalue weighted by Gasteiger charge is -2.36. The van der Waals surface area contributed by atoms with E-state index in [-0.39, 0.29) is 11.9 Å². The third-order valence-electron chi connectivity index (χ3n) is 4.88. The Bertz CT molecular complexity index is 735. The van der Waals surface area contributed by atoms with Crippen molar-refractivity contribution < 1.29 is 18.5 Å². The van der Waals surface area contributed by atoms with Crippen molar-refractivity contribution in [2.24, 2.45) is 0 Å². The third-order valence-corrected chi connectivity index (χ3v) is 5.60. The molecule has 1 aliphatic rings. The molecule has 3 rings (SSSR count). The number of hydrogen-bond acceptors (Lipinski definition) is 3. The molecular formula is C20H24F2N3OS+. The molecule has 0 aromatic heterocycles. The Labute approximate surface area is 162 Å². The van der Waals surface area contributed by atoms with Crippen molar-refractivity contribution >= 4 is 29.0 Å². The minimum absolute atomic E-state index is 0.0487. The van der Waals surface area contributed by atoms with Crippen LogP contribution in [-0.2, 0) is 4.79 Å². The van der Waals surface area contributed by atoms with Gasteiger partial charge in [-0.1, -0.05) is 30.0 Å². The van der Waals surface area contributed by atoms with Gasteiger partial charge in [-0.2, -0.15) is 8.78 Å². The van der Waals surface area contributed by atoms with E-state index in [1.165, 1.54) is 10.6 Å². The summed E-state index contributed by atoms with van der Waals surface area (Å²) in [4.78, 5) is 16.6. The number of alkyl halides is 2. The molecule has 0 radical (unpaired) electrons. The number of hydrogen-bond donors (Lipinski definition) is 2. The van der Waals surface area contributed by atoms with Gasteiger partial charge in [-0.05, 0) is 43.3 Å². The maximum absolute atomic E-state index is 12.6. The van der Waals surface area contributed by atoms with E-state index < -0.39 is 5.76 Å². The van der Waals surface area contributed by atoms with Gasteiger partial charge in [-0.15, -0.1) is 0 Å². The molecule has 7 heteroatoms. The zero-order chi connectivity index (χ0) is 19.2. The first-order valence-electron chi connectivity index (χ1n) is 9.03. The lowest BCUT2D eigenvalue weighted by molar-refractivity contribution is -0.914. The van der Waals surface area contributed by atoms with Crippen LogP contribution in [0.15, 0.2) is 59.5 Å². The van der Waals surface area contributed by atoms with Crippen LogP contribution < -0.4 is 15.1 Å². The number of carbonyl (C=O) groups excluding carboxylic acids is 1. The molecular weight excluding hydrogens is 368 g/mol. The van der Waals surface area contributed by atoms with Gasteiger partial charge in [0.1, 0.15) is 0 Å². The molecule has 0 saturated carbocycles. The lowest BCUT2D eigenvalue weighted by Crippen LogP contribution is -3.19. The minimum atomic E-state index is -2.44. The summed E-state index contributed by atoms with van der Waals surface area (Å²) in [6.07, 6.45) is 0. The van der Waals surface area contributed by atoms with Crippen molar-refractivity contribution in [3.05, 3.63) is 54.6 Å². The third kappa shape index (κ3) is 5.43. The SMILES string of the molecule is C[C@H](C(=O)Nc1ccc(SC(F)F)cc1)[NH+]1CCN(c2ccccc2)CC1.